The highest BCUT2D eigenvalue weighted by Crippen LogP contribution is 2.15. The minimum atomic E-state index is -0.274. The van der Waals surface area contributed by atoms with Crippen molar-refractivity contribution in [3.05, 3.63) is 29.3 Å². The van der Waals surface area contributed by atoms with Crippen LogP contribution in [-0.2, 0) is 9.53 Å². The Balaban J connectivity index is 2.33. The van der Waals surface area contributed by atoms with E-state index in [0.717, 1.165) is 5.75 Å². The molecule has 0 aliphatic heterocycles. The first-order valence-electron chi connectivity index (χ1n) is 5.71. The number of hydrogen-bond acceptors (Lipinski definition) is 4. The number of methoxy groups -OCH3 is 1. The molecule has 0 aliphatic carbocycles. The number of rotatable bonds is 6. The molecule has 5 heteroatoms. The van der Waals surface area contributed by atoms with Crippen molar-refractivity contribution in [1.29, 1.82) is 0 Å². The van der Waals surface area contributed by atoms with E-state index >= 15 is 0 Å². The standard InChI is InChI=1S/C13H18ClNO3/c1-10(13(16)17-3)15(2)8-9-18-12-6-4-11(14)5-7-12/h4-7,10H,8-9H2,1-3H3. The fourth-order valence-electron chi connectivity index (χ4n) is 1.38. The number of carbonyl (C=O) groups is 1. The Morgan fingerprint density at radius 3 is 2.56 bits per heavy atom. The van der Waals surface area contributed by atoms with E-state index in [1.54, 1.807) is 19.1 Å². The van der Waals surface area contributed by atoms with Crippen LogP contribution < -0.4 is 4.74 Å². The first kappa shape index (κ1) is 14.8. The molecule has 0 saturated carbocycles. The van der Waals surface area contributed by atoms with Gasteiger partial charge in [-0.1, -0.05) is 11.6 Å². The fraction of sp³-hybridized carbons (Fsp3) is 0.462. The number of halogens is 1. The average molecular weight is 272 g/mol. The predicted molar refractivity (Wildman–Crippen MR) is 71.1 cm³/mol. The number of carbonyl (C=O) groups excluding carboxylic acids is 1. The van der Waals surface area contributed by atoms with Crippen LogP contribution in [0.2, 0.25) is 5.02 Å². The number of hydrogen-bond donors (Lipinski definition) is 0. The molecule has 0 spiro atoms. The zero-order valence-electron chi connectivity index (χ0n) is 10.9. The van der Waals surface area contributed by atoms with E-state index in [0.29, 0.717) is 18.2 Å². The van der Waals surface area contributed by atoms with E-state index in [1.165, 1.54) is 7.11 Å². The maximum Gasteiger partial charge on any atom is 0.322 e. The van der Waals surface area contributed by atoms with Crippen LogP contribution in [0.1, 0.15) is 6.92 Å². The molecule has 0 aliphatic rings. The van der Waals surface area contributed by atoms with E-state index < -0.39 is 0 Å². The normalized spacial score (nSPS) is 12.3. The van der Waals surface area contributed by atoms with Gasteiger partial charge in [-0.05, 0) is 38.2 Å². The Morgan fingerprint density at radius 2 is 2.00 bits per heavy atom. The van der Waals surface area contributed by atoms with Gasteiger partial charge in [0.05, 0.1) is 7.11 Å². The van der Waals surface area contributed by atoms with Crippen LogP contribution in [0.4, 0.5) is 0 Å². The van der Waals surface area contributed by atoms with Gasteiger partial charge in [0.25, 0.3) is 0 Å². The van der Waals surface area contributed by atoms with Gasteiger partial charge in [-0.2, -0.15) is 0 Å². The molecule has 0 N–H and O–H groups in total. The molecule has 4 nitrogen and oxygen atoms in total. The summed E-state index contributed by atoms with van der Waals surface area (Å²) in [6.07, 6.45) is 0. The number of ether oxygens (including phenoxy) is 2. The van der Waals surface area contributed by atoms with E-state index in [-0.39, 0.29) is 12.0 Å². The van der Waals surface area contributed by atoms with E-state index in [4.69, 9.17) is 16.3 Å². The number of nitrogens with zero attached hydrogens (tertiary/aromatic N) is 1. The van der Waals surface area contributed by atoms with Crippen molar-refractivity contribution in [2.24, 2.45) is 0 Å². The summed E-state index contributed by atoms with van der Waals surface area (Å²) in [6, 6.07) is 6.90. The summed E-state index contributed by atoms with van der Waals surface area (Å²) in [5.74, 6) is 0.516. The van der Waals surface area contributed by atoms with Crippen molar-refractivity contribution in [1.82, 2.24) is 4.90 Å². The molecule has 1 atom stereocenters. The third kappa shape index (κ3) is 4.55. The van der Waals surface area contributed by atoms with Crippen LogP contribution >= 0.6 is 11.6 Å². The third-order valence-electron chi connectivity index (χ3n) is 2.73. The molecule has 0 bridgehead atoms. The molecule has 0 aromatic heterocycles. The molecule has 100 valence electrons. The van der Waals surface area contributed by atoms with Crippen LogP contribution in [0.15, 0.2) is 24.3 Å². The summed E-state index contributed by atoms with van der Waals surface area (Å²) >= 11 is 5.77. The van der Waals surface area contributed by atoms with Crippen molar-refractivity contribution in [3.63, 3.8) is 0 Å². The lowest BCUT2D eigenvalue weighted by atomic mass is 10.3. The first-order valence-corrected chi connectivity index (χ1v) is 6.09. The van der Waals surface area contributed by atoms with Crippen LogP contribution in [0.5, 0.6) is 5.75 Å². The molecule has 0 fully saturated rings. The molecular weight excluding hydrogens is 254 g/mol. The highest BCUT2D eigenvalue weighted by Gasteiger charge is 2.17. The van der Waals surface area contributed by atoms with Gasteiger partial charge in [0, 0.05) is 11.6 Å². The van der Waals surface area contributed by atoms with Gasteiger partial charge in [-0.25, -0.2) is 0 Å². The Morgan fingerprint density at radius 1 is 1.39 bits per heavy atom. The molecule has 0 saturated heterocycles. The molecule has 1 unspecified atom stereocenters. The molecule has 1 aromatic rings. The van der Waals surface area contributed by atoms with Crippen molar-refractivity contribution in [2.75, 3.05) is 27.3 Å². The lowest BCUT2D eigenvalue weighted by Gasteiger charge is -2.22. The number of likely N-dealkylation sites (N-methyl/N-ethyl adjacent to an activating group) is 1. The van der Waals surface area contributed by atoms with Crippen LogP contribution in [0.25, 0.3) is 0 Å². The highest BCUT2D eigenvalue weighted by atomic mass is 35.5. The Bertz CT molecular complexity index is 380. The van der Waals surface area contributed by atoms with Gasteiger partial charge >= 0.3 is 5.97 Å². The minimum Gasteiger partial charge on any atom is -0.492 e. The van der Waals surface area contributed by atoms with E-state index in [1.807, 2.05) is 24.1 Å². The first-order chi connectivity index (χ1) is 8.54. The highest BCUT2D eigenvalue weighted by molar-refractivity contribution is 6.30. The monoisotopic (exact) mass is 271 g/mol. The lowest BCUT2D eigenvalue weighted by Crippen LogP contribution is -2.39. The molecule has 1 rings (SSSR count). The second-order valence-corrected chi connectivity index (χ2v) is 4.42. The molecule has 0 radical (unpaired) electrons. The van der Waals surface area contributed by atoms with Gasteiger partial charge in [0.15, 0.2) is 0 Å². The van der Waals surface area contributed by atoms with Crippen molar-refractivity contribution >= 4 is 17.6 Å². The summed E-state index contributed by atoms with van der Waals surface area (Å²) in [5.41, 5.74) is 0. The van der Waals surface area contributed by atoms with Crippen molar-refractivity contribution in [2.45, 2.75) is 13.0 Å². The van der Waals surface area contributed by atoms with Crippen LogP contribution in [-0.4, -0.2) is 44.2 Å². The second kappa shape index (κ2) is 7.24. The van der Waals surface area contributed by atoms with Gasteiger partial charge in [-0.15, -0.1) is 0 Å². The molecular formula is C13H18ClNO3. The van der Waals surface area contributed by atoms with E-state index in [2.05, 4.69) is 4.74 Å². The maximum atomic E-state index is 11.3. The van der Waals surface area contributed by atoms with Gasteiger partial charge in [-0.3, -0.25) is 9.69 Å². The summed E-state index contributed by atoms with van der Waals surface area (Å²) in [6.45, 7) is 2.94. The fourth-order valence-corrected chi connectivity index (χ4v) is 1.51. The summed E-state index contributed by atoms with van der Waals surface area (Å²) in [4.78, 5) is 13.2. The zero-order chi connectivity index (χ0) is 13.5. The third-order valence-corrected chi connectivity index (χ3v) is 2.98. The lowest BCUT2D eigenvalue weighted by molar-refractivity contribution is -0.145. The molecule has 1 aromatic carbocycles. The zero-order valence-corrected chi connectivity index (χ0v) is 11.6. The van der Waals surface area contributed by atoms with Crippen LogP contribution in [0, 0.1) is 0 Å². The summed E-state index contributed by atoms with van der Waals surface area (Å²) < 4.78 is 10.2. The van der Waals surface area contributed by atoms with Gasteiger partial charge < -0.3 is 9.47 Å². The number of esters is 1. The van der Waals surface area contributed by atoms with E-state index in [9.17, 15) is 4.79 Å². The van der Waals surface area contributed by atoms with Gasteiger partial charge in [0.1, 0.15) is 18.4 Å². The molecule has 0 heterocycles. The minimum absolute atomic E-state index is 0.246. The topological polar surface area (TPSA) is 38.8 Å². The predicted octanol–water partition coefficient (Wildman–Crippen LogP) is 2.21. The maximum absolute atomic E-state index is 11.3. The Kier molecular flexibility index (Phi) is 5.95. The van der Waals surface area contributed by atoms with Crippen molar-refractivity contribution < 1.29 is 14.3 Å². The number of benzene rings is 1. The van der Waals surface area contributed by atoms with Crippen molar-refractivity contribution in [3.8, 4) is 5.75 Å². The summed E-state index contributed by atoms with van der Waals surface area (Å²) in [5, 5.41) is 0.679. The average Bonchev–Trinajstić information content (AvgIpc) is 2.39. The molecule has 18 heavy (non-hydrogen) atoms. The van der Waals surface area contributed by atoms with Crippen LogP contribution in [0.3, 0.4) is 0 Å². The Labute approximate surface area is 112 Å². The smallest absolute Gasteiger partial charge is 0.322 e. The Hall–Kier alpha value is -1.26. The summed E-state index contributed by atoms with van der Waals surface area (Å²) in [7, 11) is 3.24. The SMILES string of the molecule is COC(=O)C(C)N(C)CCOc1ccc(Cl)cc1. The second-order valence-electron chi connectivity index (χ2n) is 3.98. The quantitative estimate of drug-likeness (QED) is 0.744. The molecule has 0 amide bonds. The largest absolute Gasteiger partial charge is 0.492 e. The van der Waals surface area contributed by atoms with Gasteiger partial charge in [0.2, 0.25) is 0 Å².